The van der Waals surface area contributed by atoms with Gasteiger partial charge in [-0.2, -0.15) is 0 Å². The average Bonchev–Trinajstić information content (AvgIpc) is 3.39. The molecule has 32 heavy (non-hydrogen) atoms. The van der Waals surface area contributed by atoms with Gasteiger partial charge in [-0.05, 0) is 47.2 Å². The van der Waals surface area contributed by atoms with Crippen LogP contribution in [0.25, 0.3) is 72.9 Å². The van der Waals surface area contributed by atoms with Crippen LogP contribution in [-0.2, 0) is 0 Å². The minimum atomic E-state index is 0.981. The van der Waals surface area contributed by atoms with Crippen molar-refractivity contribution < 1.29 is 0 Å². The molecule has 0 amide bonds. The molecule has 0 aliphatic heterocycles. The number of fused-ring (bicyclic) bond motifs is 12. The van der Waals surface area contributed by atoms with Gasteiger partial charge in [-0.1, -0.05) is 36.4 Å². The van der Waals surface area contributed by atoms with Crippen molar-refractivity contribution in [2.75, 3.05) is 0 Å². The molecule has 8 aromatic rings. The number of hydrogen-bond acceptors (Lipinski definition) is 4. The number of hydrogen-bond donors (Lipinski definition) is 0. The topological polar surface area (TPSA) is 25.8 Å². The van der Waals surface area contributed by atoms with E-state index in [2.05, 4.69) is 72.8 Å². The SMILES string of the molecule is c1ccc2c(c1)sc1cc3c(cc12)c1cc2c(cc1c1nccnc31)sc1ccccc12. The lowest BCUT2D eigenvalue weighted by Crippen LogP contribution is -1.88. The number of benzene rings is 5. The lowest BCUT2D eigenvalue weighted by molar-refractivity contribution is 1.31. The molecule has 3 aromatic heterocycles. The standard InChI is InChI=1S/C28H14N2S2/c1-3-7-23-15(5-1)19-11-17-18-12-20-16-6-2-4-8-24(16)32-26(20)14-22(18)28-27(29-9-10-30-28)21(17)13-25(19)31-23/h1-14H. The van der Waals surface area contributed by atoms with Gasteiger partial charge in [0.2, 0.25) is 0 Å². The monoisotopic (exact) mass is 442 g/mol. The van der Waals surface area contributed by atoms with Crippen LogP contribution in [-0.4, -0.2) is 9.97 Å². The summed E-state index contributed by atoms with van der Waals surface area (Å²) < 4.78 is 5.24. The van der Waals surface area contributed by atoms with Gasteiger partial charge in [0, 0.05) is 63.5 Å². The Morgan fingerprint density at radius 3 is 1.38 bits per heavy atom. The van der Waals surface area contributed by atoms with E-state index in [1.165, 1.54) is 61.9 Å². The maximum atomic E-state index is 4.79. The highest BCUT2D eigenvalue weighted by atomic mass is 32.1. The van der Waals surface area contributed by atoms with Crippen molar-refractivity contribution in [2.24, 2.45) is 0 Å². The number of aromatic nitrogens is 2. The maximum Gasteiger partial charge on any atom is 0.0972 e. The fraction of sp³-hybridized carbons (Fsp3) is 0. The largest absolute Gasteiger partial charge is 0.252 e. The highest BCUT2D eigenvalue weighted by Crippen LogP contribution is 2.43. The Morgan fingerprint density at radius 1 is 0.406 bits per heavy atom. The van der Waals surface area contributed by atoms with E-state index in [0.29, 0.717) is 0 Å². The first-order valence-corrected chi connectivity index (χ1v) is 12.2. The van der Waals surface area contributed by atoms with Gasteiger partial charge in [-0.3, -0.25) is 9.97 Å². The molecule has 5 aromatic carbocycles. The zero-order valence-corrected chi connectivity index (χ0v) is 18.4. The molecule has 2 nitrogen and oxygen atoms in total. The van der Waals surface area contributed by atoms with E-state index in [0.717, 1.165) is 11.0 Å². The molecule has 0 bridgehead atoms. The van der Waals surface area contributed by atoms with E-state index >= 15 is 0 Å². The molecule has 0 N–H and O–H groups in total. The minimum Gasteiger partial charge on any atom is -0.252 e. The molecule has 3 heterocycles. The lowest BCUT2D eigenvalue weighted by Gasteiger charge is -2.10. The Balaban J connectivity index is 1.67. The molecule has 0 atom stereocenters. The first-order valence-electron chi connectivity index (χ1n) is 10.6. The first-order chi connectivity index (χ1) is 15.8. The molecule has 0 saturated heterocycles. The van der Waals surface area contributed by atoms with Gasteiger partial charge in [-0.25, -0.2) is 0 Å². The summed E-state index contributed by atoms with van der Waals surface area (Å²) in [5.74, 6) is 0. The predicted molar refractivity (Wildman–Crippen MR) is 140 cm³/mol. The number of thiophene rings is 2. The summed E-state index contributed by atoms with van der Waals surface area (Å²) in [6.45, 7) is 0. The maximum absolute atomic E-state index is 4.79. The Hall–Kier alpha value is -3.60. The molecule has 148 valence electrons. The van der Waals surface area contributed by atoms with Crippen LogP contribution in [0.2, 0.25) is 0 Å². The van der Waals surface area contributed by atoms with E-state index < -0.39 is 0 Å². The molecular formula is C28H14N2S2. The van der Waals surface area contributed by atoms with Crippen molar-refractivity contribution in [3.05, 3.63) is 85.2 Å². The Bertz CT molecular complexity index is 1900. The third kappa shape index (κ3) is 2.13. The van der Waals surface area contributed by atoms with Crippen LogP contribution < -0.4 is 0 Å². The highest BCUT2D eigenvalue weighted by molar-refractivity contribution is 7.26. The van der Waals surface area contributed by atoms with Gasteiger partial charge in [0.05, 0.1) is 11.0 Å². The summed E-state index contributed by atoms with van der Waals surface area (Å²) >= 11 is 3.70. The Morgan fingerprint density at radius 2 is 0.875 bits per heavy atom. The molecule has 4 heteroatoms. The predicted octanol–water partition coefficient (Wildman–Crippen LogP) is 8.67. The van der Waals surface area contributed by atoms with E-state index in [-0.39, 0.29) is 0 Å². The molecule has 0 unspecified atom stereocenters. The fourth-order valence-corrected chi connectivity index (χ4v) is 7.37. The van der Waals surface area contributed by atoms with Crippen molar-refractivity contribution >= 4 is 95.6 Å². The number of nitrogens with zero attached hydrogens (tertiary/aromatic N) is 2. The molecule has 0 saturated carbocycles. The fourth-order valence-electron chi connectivity index (χ4n) is 5.11. The Kier molecular flexibility index (Phi) is 3.19. The van der Waals surface area contributed by atoms with Crippen LogP contribution in [0.5, 0.6) is 0 Å². The van der Waals surface area contributed by atoms with Crippen molar-refractivity contribution in [1.29, 1.82) is 0 Å². The van der Waals surface area contributed by atoms with E-state index in [1.54, 1.807) is 12.4 Å². The van der Waals surface area contributed by atoms with Gasteiger partial charge in [0.25, 0.3) is 0 Å². The minimum absolute atomic E-state index is 0.981. The van der Waals surface area contributed by atoms with Gasteiger partial charge in [0.1, 0.15) is 0 Å². The van der Waals surface area contributed by atoms with Crippen LogP contribution >= 0.6 is 22.7 Å². The van der Waals surface area contributed by atoms with Gasteiger partial charge >= 0.3 is 0 Å². The normalized spacial score (nSPS) is 12.4. The second-order valence-electron chi connectivity index (χ2n) is 8.24. The smallest absolute Gasteiger partial charge is 0.0972 e. The van der Waals surface area contributed by atoms with Crippen molar-refractivity contribution in [3.63, 3.8) is 0 Å². The molecular weight excluding hydrogens is 428 g/mol. The third-order valence-electron chi connectivity index (χ3n) is 6.53. The molecule has 0 spiro atoms. The zero-order valence-electron chi connectivity index (χ0n) is 16.8. The summed E-state index contributed by atoms with van der Waals surface area (Å²) in [4.78, 5) is 9.58. The van der Waals surface area contributed by atoms with Crippen molar-refractivity contribution in [3.8, 4) is 0 Å². The molecule has 0 aliphatic rings. The lowest BCUT2D eigenvalue weighted by atomic mass is 9.96. The van der Waals surface area contributed by atoms with E-state index in [9.17, 15) is 0 Å². The number of rotatable bonds is 0. The average molecular weight is 443 g/mol. The Labute approximate surface area is 190 Å². The van der Waals surface area contributed by atoms with Gasteiger partial charge in [0.15, 0.2) is 0 Å². The van der Waals surface area contributed by atoms with Crippen molar-refractivity contribution in [1.82, 2.24) is 9.97 Å². The van der Waals surface area contributed by atoms with Crippen LogP contribution in [0.1, 0.15) is 0 Å². The van der Waals surface area contributed by atoms with Crippen LogP contribution in [0.4, 0.5) is 0 Å². The highest BCUT2D eigenvalue weighted by Gasteiger charge is 2.16. The van der Waals surface area contributed by atoms with Crippen LogP contribution in [0, 0.1) is 0 Å². The molecule has 0 fully saturated rings. The van der Waals surface area contributed by atoms with Crippen LogP contribution in [0.15, 0.2) is 85.2 Å². The van der Waals surface area contributed by atoms with Crippen LogP contribution in [0.3, 0.4) is 0 Å². The van der Waals surface area contributed by atoms with E-state index in [4.69, 9.17) is 9.97 Å². The third-order valence-corrected chi connectivity index (χ3v) is 8.80. The summed E-state index contributed by atoms with van der Waals surface area (Å²) in [5, 5.41) is 10.1. The first kappa shape index (κ1) is 17.0. The van der Waals surface area contributed by atoms with Crippen molar-refractivity contribution in [2.45, 2.75) is 0 Å². The summed E-state index contributed by atoms with van der Waals surface area (Å²) in [7, 11) is 0. The van der Waals surface area contributed by atoms with Gasteiger partial charge < -0.3 is 0 Å². The second kappa shape index (κ2) is 6.00. The molecule has 0 radical (unpaired) electrons. The molecule has 0 aliphatic carbocycles. The zero-order chi connectivity index (χ0) is 20.8. The second-order valence-corrected chi connectivity index (χ2v) is 10.4. The quantitative estimate of drug-likeness (QED) is 0.220. The molecule has 8 rings (SSSR count). The summed E-state index contributed by atoms with van der Waals surface area (Å²) in [6.07, 6.45) is 3.61. The summed E-state index contributed by atoms with van der Waals surface area (Å²) in [6, 6.07) is 26.8. The van der Waals surface area contributed by atoms with Gasteiger partial charge in [-0.15, -0.1) is 22.7 Å². The van der Waals surface area contributed by atoms with E-state index in [1.807, 2.05) is 22.7 Å². The summed E-state index contributed by atoms with van der Waals surface area (Å²) in [5.41, 5.74) is 1.96.